The molecule has 4 bridgehead atoms. The van der Waals surface area contributed by atoms with E-state index < -0.39 is 42.5 Å². The van der Waals surface area contributed by atoms with Crippen LogP contribution in [0.2, 0.25) is 5.02 Å². The molecular formula is C23H26ClF3N2O4. The van der Waals surface area contributed by atoms with Gasteiger partial charge < -0.3 is 15.4 Å². The van der Waals surface area contributed by atoms with Crippen molar-refractivity contribution in [1.82, 2.24) is 5.32 Å². The number of rotatable bonds is 7. The van der Waals surface area contributed by atoms with E-state index >= 15 is 0 Å². The fourth-order valence-electron chi connectivity index (χ4n) is 6.34. The summed E-state index contributed by atoms with van der Waals surface area (Å²) in [7, 11) is 0. The van der Waals surface area contributed by atoms with E-state index in [-0.39, 0.29) is 16.3 Å². The van der Waals surface area contributed by atoms with Gasteiger partial charge in [0.15, 0.2) is 6.61 Å². The lowest BCUT2D eigenvalue weighted by atomic mass is 9.49. The highest BCUT2D eigenvalue weighted by Crippen LogP contribution is 2.61. The predicted octanol–water partition coefficient (Wildman–Crippen LogP) is 4.56. The van der Waals surface area contributed by atoms with Crippen LogP contribution >= 0.6 is 11.6 Å². The third kappa shape index (κ3) is 5.62. The molecule has 0 aliphatic heterocycles. The van der Waals surface area contributed by atoms with Crippen LogP contribution < -0.4 is 10.6 Å². The molecule has 5 rings (SSSR count). The Morgan fingerprint density at radius 2 is 1.64 bits per heavy atom. The van der Waals surface area contributed by atoms with Crippen LogP contribution in [0, 0.1) is 23.2 Å². The van der Waals surface area contributed by atoms with E-state index in [4.69, 9.17) is 16.3 Å². The van der Waals surface area contributed by atoms with Crippen molar-refractivity contribution in [2.45, 2.75) is 51.1 Å². The normalized spacial score (nSPS) is 27.8. The molecule has 6 nitrogen and oxygen atoms in total. The maximum absolute atomic E-state index is 13.1. The smallest absolute Gasteiger partial charge is 0.418 e. The second-order valence-corrected chi connectivity index (χ2v) is 10.1. The molecule has 0 aromatic heterocycles. The fourth-order valence-corrected chi connectivity index (χ4v) is 6.56. The van der Waals surface area contributed by atoms with Crippen LogP contribution in [-0.2, 0) is 25.3 Å². The first-order valence-electron chi connectivity index (χ1n) is 11.1. The van der Waals surface area contributed by atoms with Crippen molar-refractivity contribution in [3.05, 3.63) is 28.8 Å². The summed E-state index contributed by atoms with van der Waals surface area (Å²) in [4.78, 5) is 36.4. The Morgan fingerprint density at radius 1 is 1.03 bits per heavy atom. The fraction of sp³-hybridized carbons (Fsp3) is 0.609. The van der Waals surface area contributed by atoms with Gasteiger partial charge in [0.1, 0.15) is 6.54 Å². The topological polar surface area (TPSA) is 84.5 Å². The van der Waals surface area contributed by atoms with Crippen molar-refractivity contribution in [2.75, 3.05) is 18.5 Å². The summed E-state index contributed by atoms with van der Waals surface area (Å²) in [5.41, 5.74) is -1.67. The van der Waals surface area contributed by atoms with Gasteiger partial charge in [0.25, 0.3) is 5.91 Å². The molecule has 33 heavy (non-hydrogen) atoms. The first-order valence-corrected chi connectivity index (χ1v) is 11.5. The summed E-state index contributed by atoms with van der Waals surface area (Å²) in [6.07, 6.45) is 2.69. The lowest BCUT2D eigenvalue weighted by Gasteiger charge is -2.56. The summed E-state index contributed by atoms with van der Waals surface area (Å²) in [5, 5.41) is 4.30. The van der Waals surface area contributed by atoms with Crippen LogP contribution in [0.1, 0.15) is 50.5 Å². The number of hydrogen-bond acceptors (Lipinski definition) is 4. The van der Waals surface area contributed by atoms with Gasteiger partial charge in [0.2, 0.25) is 5.91 Å². The lowest BCUT2D eigenvalue weighted by Crippen LogP contribution is -2.48. The van der Waals surface area contributed by atoms with Gasteiger partial charge in [-0.15, -0.1) is 0 Å². The number of anilines is 1. The zero-order chi connectivity index (χ0) is 23.8. The number of para-hydroxylation sites is 1. The van der Waals surface area contributed by atoms with Crippen LogP contribution in [0.25, 0.3) is 0 Å². The minimum absolute atomic E-state index is 0.0355. The second-order valence-electron chi connectivity index (χ2n) is 9.74. The molecule has 0 unspecified atom stereocenters. The van der Waals surface area contributed by atoms with Gasteiger partial charge in [-0.2, -0.15) is 13.2 Å². The third-order valence-corrected chi connectivity index (χ3v) is 7.39. The van der Waals surface area contributed by atoms with Crippen LogP contribution in [0.15, 0.2) is 18.2 Å². The predicted molar refractivity (Wildman–Crippen MR) is 114 cm³/mol. The van der Waals surface area contributed by atoms with E-state index in [0.717, 1.165) is 31.4 Å². The Balaban J connectivity index is 1.22. The van der Waals surface area contributed by atoms with E-state index in [1.165, 1.54) is 25.3 Å². The first kappa shape index (κ1) is 23.9. The maximum atomic E-state index is 13.1. The van der Waals surface area contributed by atoms with Gasteiger partial charge in [-0.05, 0) is 73.8 Å². The van der Waals surface area contributed by atoms with Crippen molar-refractivity contribution in [1.29, 1.82) is 0 Å². The van der Waals surface area contributed by atoms with Crippen molar-refractivity contribution >= 4 is 35.1 Å². The average Bonchev–Trinajstić information content (AvgIpc) is 2.70. The molecule has 4 saturated carbocycles. The summed E-state index contributed by atoms with van der Waals surface area (Å²) in [6, 6.07) is 3.11. The molecule has 0 radical (unpaired) electrons. The molecule has 0 heterocycles. The minimum Gasteiger partial charge on any atom is -0.454 e. The second kappa shape index (κ2) is 9.16. The SMILES string of the molecule is O=C(CC12CC3CC(CC(C3)C1)C2)NCC(=O)OCC(=O)Nc1c(Cl)cccc1C(F)(F)F. The Morgan fingerprint density at radius 3 is 2.21 bits per heavy atom. The van der Waals surface area contributed by atoms with E-state index in [9.17, 15) is 27.6 Å². The monoisotopic (exact) mass is 486 g/mol. The quantitative estimate of drug-likeness (QED) is 0.553. The first-order chi connectivity index (χ1) is 15.5. The Labute approximate surface area is 194 Å². The van der Waals surface area contributed by atoms with Gasteiger partial charge in [-0.25, -0.2) is 0 Å². The highest BCUT2D eigenvalue weighted by Gasteiger charge is 2.51. The number of amides is 2. The summed E-state index contributed by atoms with van der Waals surface area (Å²) in [5.74, 6) is 0.0980. The zero-order valence-electron chi connectivity index (χ0n) is 18.0. The number of halogens is 4. The number of carbonyl (C=O) groups is 3. The molecule has 0 saturated heterocycles. The molecule has 0 atom stereocenters. The van der Waals surface area contributed by atoms with Crippen LogP contribution in [0.3, 0.4) is 0 Å². The standard InChI is InChI=1S/C23H26ClF3N2O4/c24-17-3-1-2-16(23(25,26)27)21(17)29-19(31)12-33-20(32)11-28-18(30)10-22-7-13-4-14(8-22)6-15(5-13)9-22/h1-3,13-15H,4-12H2,(H,28,30)(H,29,31). The van der Waals surface area contributed by atoms with E-state index in [0.29, 0.717) is 24.2 Å². The van der Waals surface area contributed by atoms with Gasteiger partial charge in [0, 0.05) is 6.42 Å². The van der Waals surface area contributed by atoms with Crippen molar-refractivity contribution in [3.63, 3.8) is 0 Å². The molecule has 1 aromatic carbocycles. The molecule has 4 aliphatic carbocycles. The minimum atomic E-state index is -4.72. The van der Waals surface area contributed by atoms with E-state index in [1.54, 1.807) is 0 Å². The molecule has 0 spiro atoms. The van der Waals surface area contributed by atoms with Gasteiger partial charge >= 0.3 is 12.1 Å². The number of esters is 1. The van der Waals surface area contributed by atoms with Crippen LogP contribution in [-0.4, -0.2) is 30.9 Å². The third-order valence-electron chi connectivity index (χ3n) is 7.08. The molecule has 2 amide bonds. The van der Waals surface area contributed by atoms with E-state index in [2.05, 4.69) is 5.32 Å². The van der Waals surface area contributed by atoms with Crippen molar-refractivity contribution in [2.24, 2.45) is 23.2 Å². The lowest BCUT2D eigenvalue weighted by molar-refractivity contribution is -0.147. The van der Waals surface area contributed by atoms with Crippen LogP contribution in [0.4, 0.5) is 18.9 Å². The molecule has 2 N–H and O–H groups in total. The van der Waals surface area contributed by atoms with Crippen LogP contribution in [0.5, 0.6) is 0 Å². The number of carbonyl (C=O) groups excluding carboxylic acids is 3. The zero-order valence-corrected chi connectivity index (χ0v) is 18.7. The number of ether oxygens (including phenoxy) is 1. The molecule has 4 aliphatic rings. The Bertz CT molecular complexity index is 915. The van der Waals surface area contributed by atoms with Gasteiger partial charge in [-0.1, -0.05) is 17.7 Å². The molecule has 180 valence electrons. The molecule has 1 aromatic rings. The number of nitrogens with one attached hydrogen (secondary N) is 2. The summed E-state index contributed by atoms with van der Waals surface area (Å²) < 4.78 is 44.1. The van der Waals surface area contributed by atoms with E-state index in [1.807, 2.05) is 5.32 Å². The highest BCUT2D eigenvalue weighted by molar-refractivity contribution is 6.34. The number of hydrogen-bond donors (Lipinski definition) is 2. The van der Waals surface area contributed by atoms with Crippen molar-refractivity contribution in [3.8, 4) is 0 Å². The number of benzene rings is 1. The number of alkyl halides is 3. The summed E-state index contributed by atoms with van der Waals surface area (Å²) >= 11 is 5.78. The Hall–Kier alpha value is -2.29. The van der Waals surface area contributed by atoms with Gasteiger partial charge in [0.05, 0.1) is 16.3 Å². The van der Waals surface area contributed by atoms with Gasteiger partial charge in [-0.3, -0.25) is 14.4 Å². The molecule has 10 heteroatoms. The summed E-state index contributed by atoms with van der Waals surface area (Å²) in [6.45, 7) is -1.20. The Kier molecular flexibility index (Phi) is 6.62. The molecule has 4 fully saturated rings. The maximum Gasteiger partial charge on any atom is 0.418 e. The molecular weight excluding hydrogens is 461 g/mol. The highest BCUT2D eigenvalue weighted by atomic mass is 35.5. The average molecular weight is 487 g/mol. The largest absolute Gasteiger partial charge is 0.454 e. The van der Waals surface area contributed by atoms with Crippen molar-refractivity contribution < 1.29 is 32.3 Å².